The molecule has 0 atom stereocenters. The monoisotopic (exact) mass is 473 g/mol. The van der Waals surface area contributed by atoms with Gasteiger partial charge < -0.3 is 5.73 Å². The number of hydrogen-bond acceptors (Lipinski definition) is 3. The summed E-state index contributed by atoms with van der Waals surface area (Å²) in [6.07, 6.45) is 16.8. The molecule has 36 heavy (non-hydrogen) atoms. The highest BCUT2D eigenvalue weighted by molar-refractivity contribution is 5.84. The lowest BCUT2D eigenvalue weighted by atomic mass is 10.0. The van der Waals surface area contributed by atoms with Gasteiger partial charge in [-0.05, 0) is 79.3 Å². The zero-order chi connectivity index (χ0) is 26.9. The van der Waals surface area contributed by atoms with Crippen molar-refractivity contribution < 1.29 is 0 Å². The Bertz CT molecular complexity index is 1330. The Morgan fingerprint density at radius 1 is 0.833 bits per heavy atom. The third-order valence-electron chi connectivity index (χ3n) is 4.94. The Labute approximate surface area is 216 Å². The largest absolute Gasteiger partial charge is 0.398 e. The van der Waals surface area contributed by atoms with Crippen molar-refractivity contribution in [3.8, 4) is 12.1 Å². The molecular weight excluding hydrogens is 438 g/mol. The summed E-state index contributed by atoms with van der Waals surface area (Å²) in [5.41, 5.74) is 11.9. The standard InChI is InChI=1S/C26H26N2.C7H9N/c1-4-5-6-9-22-12-14-25-18-23(13-15-24(25)17-22)10-7-8-11-26(28)21(3)16-20(2)19-27;1-6(2)4-7(3)5-8/h4-8,11-18H,1,3,9-10,28H2,2H3;4H,1H2,2-3H3/b6-5-,8-7-,20-16+,26-11-;7-4+. The second-order valence-electron chi connectivity index (χ2n) is 8.39. The maximum Gasteiger partial charge on any atom is 0.0944 e. The van der Waals surface area contributed by atoms with Crippen LogP contribution >= 0.6 is 0 Å². The van der Waals surface area contributed by atoms with E-state index in [1.54, 1.807) is 32.1 Å². The molecular formula is C33H35N3. The summed E-state index contributed by atoms with van der Waals surface area (Å²) >= 11 is 0. The van der Waals surface area contributed by atoms with Gasteiger partial charge in [-0.2, -0.15) is 10.5 Å². The first-order valence-corrected chi connectivity index (χ1v) is 11.6. The molecule has 2 aromatic carbocycles. The summed E-state index contributed by atoms with van der Waals surface area (Å²) in [6, 6.07) is 17.2. The van der Waals surface area contributed by atoms with E-state index in [9.17, 15) is 0 Å². The lowest BCUT2D eigenvalue weighted by molar-refractivity contribution is 1.26. The average Bonchev–Trinajstić information content (AvgIpc) is 2.86. The highest BCUT2D eigenvalue weighted by Crippen LogP contribution is 2.19. The summed E-state index contributed by atoms with van der Waals surface area (Å²) in [6.45, 7) is 16.5. The minimum atomic E-state index is 0.558. The molecule has 0 unspecified atom stereocenters. The molecule has 0 aromatic heterocycles. The minimum absolute atomic E-state index is 0.558. The Morgan fingerprint density at radius 2 is 1.33 bits per heavy atom. The molecule has 3 heteroatoms. The summed E-state index contributed by atoms with van der Waals surface area (Å²) in [4.78, 5) is 0. The number of hydrogen-bond donors (Lipinski definition) is 1. The van der Waals surface area contributed by atoms with Gasteiger partial charge >= 0.3 is 0 Å². The summed E-state index contributed by atoms with van der Waals surface area (Å²) < 4.78 is 0. The third-order valence-corrected chi connectivity index (χ3v) is 4.94. The van der Waals surface area contributed by atoms with Gasteiger partial charge in [0, 0.05) is 16.8 Å². The van der Waals surface area contributed by atoms with Gasteiger partial charge in [0.15, 0.2) is 0 Å². The van der Waals surface area contributed by atoms with E-state index >= 15 is 0 Å². The number of benzene rings is 2. The van der Waals surface area contributed by atoms with E-state index in [0.29, 0.717) is 22.4 Å². The van der Waals surface area contributed by atoms with Gasteiger partial charge in [0.25, 0.3) is 0 Å². The minimum Gasteiger partial charge on any atom is -0.398 e. The highest BCUT2D eigenvalue weighted by atomic mass is 14.6. The SMILES string of the molecule is C=C(C)/C=C(\C)C#N.C=C/C=C\Cc1ccc2cc(C/C=C\C=C(/N)C(=C)/C=C(\C)C#N)ccc2c1. The van der Waals surface area contributed by atoms with Crippen LogP contribution in [0.5, 0.6) is 0 Å². The Hall–Kier alpha value is -4.60. The Balaban J connectivity index is 0.000000697. The molecule has 3 nitrogen and oxygen atoms in total. The van der Waals surface area contributed by atoms with Crippen LogP contribution in [-0.4, -0.2) is 0 Å². The molecule has 2 N–H and O–H groups in total. The fourth-order valence-electron chi connectivity index (χ4n) is 3.16. The van der Waals surface area contributed by atoms with Crippen LogP contribution in [-0.2, 0) is 12.8 Å². The zero-order valence-electron chi connectivity index (χ0n) is 21.6. The molecule has 0 aliphatic carbocycles. The number of rotatable bonds is 9. The maximum absolute atomic E-state index is 8.80. The molecule has 0 saturated heterocycles. The van der Waals surface area contributed by atoms with E-state index in [1.165, 1.54) is 21.9 Å². The van der Waals surface area contributed by atoms with E-state index < -0.39 is 0 Å². The summed E-state index contributed by atoms with van der Waals surface area (Å²) in [7, 11) is 0. The highest BCUT2D eigenvalue weighted by Gasteiger charge is 1.98. The molecule has 0 amide bonds. The van der Waals surface area contributed by atoms with Gasteiger partial charge in [0.1, 0.15) is 0 Å². The lowest BCUT2D eigenvalue weighted by Gasteiger charge is -2.04. The average molecular weight is 474 g/mol. The van der Waals surface area contributed by atoms with Crippen LogP contribution in [0.1, 0.15) is 31.9 Å². The molecule has 0 radical (unpaired) electrons. The van der Waals surface area contributed by atoms with Crippen molar-refractivity contribution >= 4 is 10.8 Å². The summed E-state index contributed by atoms with van der Waals surface area (Å²) in [5.74, 6) is 0. The fourth-order valence-corrected chi connectivity index (χ4v) is 3.16. The van der Waals surface area contributed by atoms with Gasteiger partial charge in [-0.3, -0.25) is 0 Å². The smallest absolute Gasteiger partial charge is 0.0944 e. The van der Waals surface area contributed by atoms with E-state index in [1.807, 2.05) is 31.2 Å². The van der Waals surface area contributed by atoms with E-state index in [-0.39, 0.29) is 0 Å². The van der Waals surface area contributed by atoms with Crippen LogP contribution in [0, 0.1) is 22.7 Å². The van der Waals surface area contributed by atoms with Crippen molar-refractivity contribution in [2.75, 3.05) is 0 Å². The molecule has 0 heterocycles. The van der Waals surface area contributed by atoms with E-state index in [2.05, 4.69) is 74.4 Å². The fraction of sp³-hybridized carbons (Fsp3) is 0.152. The Kier molecular flexibility index (Phi) is 13.2. The first-order chi connectivity index (χ1) is 17.2. The molecule has 0 fully saturated rings. The normalized spacial score (nSPS) is 12.1. The van der Waals surface area contributed by atoms with Gasteiger partial charge in [0.05, 0.1) is 12.1 Å². The van der Waals surface area contributed by atoms with Crippen molar-refractivity contribution in [2.45, 2.75) is 33.6 Å². The quantitative estimate of drug-likeness (QED) is 0.295. The van der Waals surface area contributed by atoms with Crippen LogP contribution in [0.15, 0.2) is 133 Å². The van der Waals surface area contributed by atoms with Crippen molar-refractivity contribution in [3.63, 3.8) is 0 Å². The lowest BCUT2D eigenvalue weighted by Crippen LogP contribution is -1.98. The number of nitriles is 2. The van der Waals surface area contributed by atoms with Crippen molar-refractivity contribution in [1.29, 1.82) is 10.5 Å². The number of fused-ring (bicyclic) bond motifs is 1. The first-order valence-electron chi connectivity index (χ1n) is 11.6. The van der Waals surface area contributed by atoms with Crippen LogP contribution in [0.3, 0.4) is 0 Å². The second kappa shape index (κ2) is 16.1. The van der Waals surface area contributed by atoms with Gasteiger partial charge in [0.2, 0.25) is 0 Å². The van der Waals surface area contributed by atoms with Gasteiger partial charge in [-0.15, -0.1) is 0 Å². The maximum atomic E-state index is 8.80. The number of nitrogens with zero attached hydrogens (tertiary/aromatic N) is 2. The molecule has 182 valence electrons. The van der Waals surface area contributed by atoms with Crippen LogP contribution < -0.4 is 5.73 Å². The van der Waals surface area contributed by atoms with E-state index in [4.69, 9.17) is 16.3 Å². The molecule has 0 aliphatic heterocycles. The second-order valence-corrected chi connectivity index (χ2v) is 8.39. The van der Waals surface area contributed by atoms with Crippen molar-refractivity contribution in [3.05, 3.63) is 144 Å². The molecule has 2 rings (SSSR count). The van der Waals surface area contributed by atoms with Crippen molar-refractivity contribution in [1.82, 2.24) is 0 Å². The predicted octanol–water partition coefficient (Wildman–Crippen LogP) is 8.12. The topological polar surface area (TPSA) is 73.6 Å². The molecule has 0 aliphatic rings. The predicted molar refractivity (Wildman–Crippen MR) is 155 cm³/mol. The molecule has 2 aromatic rings. The molecule has 0 bridgehead atoms. The third kappa shape index (κ3) is 11.5. The van der Waals surface area contributed by atoms with Crippen LogP contribution in [0.25, 0.3) is 10.8 Å². The van der Waals surface area contributed by atoms with Crippen LogP contribution in [0.2, 0.25) is 0 Å². The summed E-state index contributed by atoms with van der Waals surface area (Å²) in [5, 5.41) is 19.5. The van der Waals surface area contributed by atoms with Gasteiger partial charge in [-0.25, -0.2) is 0 Å². The zero-order valence-corrected chi connectivity index (χ0v) is 21.6. The number of allylic oxidation sites excluding steroid dienone is 11. The van der Waals surface area contributed by atoms with E-state index in [0.717, 1.165) is 18.4 Å². The van der Waals surface area contributed by atoms with Gasteiger partial charge in [-0.1, -0.05) is 92.1 Å². The van der Waals surface area contributed by atoms with Crippen LogP contribution in [0.4, 0.5) is 0 Å². The first kappa shape index (κ1) is 29.4. The Morgan fingerprint density at radius 3 is 1.78 bits per heavy atom. The number of nitrogens with two attached hydrogens (primary N) is 1. The van der Waals surface area contributed by atoms with Crippen molar-refractivity contribution in [2.24, 2.45) is 5.73 Å². The molecule has 0 saturated carbocycles. The molecule has 0 spiro atoms.